The van der Waals surface area contributed by atoms with Gasteiger partial charge in [0.25, 0.3) is 0 Å². The lowest BCUT2D eigenvalue weighted by Crippen LogP contribution is -2.39. The number of hydrogen-bond donors (Lipinski definition) is 2. The molecule has 3 heterocycles. The van der Waals surface area contributed by atoms with E-state index in [2.05, 4.69) is 20.3 Å². The first kappa shape index (κ1) is 16.5. The first-order valence-electron chi connectivity index (χ1n) is 7.01. The van der Waals surface area contributed by atoms with Crippen molar-refractivity contribution in [2.75, 3.05) is 11.5 Å². The molecule has 1 saturated heterocycles. The number of aromatic amines is 1. The van der Waals surface area contributed by atoms with Gasteiger partial charge >= 0.3 is 0 Å². The molecule has 2 N–H and O–H groups in total. The second kappa shape index (κ2) is 6.29. The van der Waals surface area contributed by atoms with Gasteiger partial charge in [-0.1, -0.05) is 23.4 Å². The van der Waals surface area contributed by atoms with Crippen LogP contribution in [0.5, 0.6) is 0 Å². The first-order valence-corrected chi connectivity index (χ1v) is 10.1. The number of imidazole rings is 1. The van der Waals surface area contributed by atoms with Crippen LogP contribution in [0, 0.1) is 0 Å². The van der Waals surface area contributed by atoms with Gasteiger partial charge in [0.05, 0.1) is 27.3 Å². The number of hydrogen-bond acceptors (Lipinski definition) is 6. The second-order valence-corrected chi connectivity index (χ2v) is 9.43. The lowest BCUT2D eigenvalue weighted by molar-refractivity contribution is -0.120. The minimum atomic E-state index is -3.01. The van der Waals surface area contributed by atoms with Crippen LogP contribution in [0.3, 0.4) is 0 Å². The number of nitrogens with one attached hydrogen (secondary N) is 2. The molecule has 2 aromatic heterocycles. The highest BCUT2D eigenvalue weighted by Gasteiger charge is 2.30. The van der Waals surface area contributed by atoms with Crippen LogP contribution in [-0.4, -0.2) is 52.1 Å². The summed E-state index contributed by atoms with van der Waals surface area (Å²) in [5, 5.41) is 3.44. The summed E-state index contributed by atoms with van der Waals surface area (Å²) < 4.78 is 22.8. The van der Waals surface area contributed by atoms with Crippen molar-refractivity contribution in [3.8, 4) is 0 Å². The van der Waals surface area contributed by atoms with Gasteiger partial charge in [0.15, 0.2) is 20.6 Å². The third kappa shape index (κ3) is 3.96. The molecule has 1 fully saturated rings. The monoisotopic (exact) mass is 374 g/mol. The van der Waals surface area contributed by atoms with Gasteiger partial charge in [0, 0.05) is 12.2 Å². The average Bonchev–Trinajstić information content (AvgIpc) is 3.00. The highest BCUT2D eigenvalue weighted by molar-refractivity contribution is 8.00. The fourth-order valence-electron chi connectivity index (χ4n) is 2.36. The Hall–Kier alpha value is -1.32. The maximum Gasteiger partial charge on any atom is 0.233 e. The van der Waals surface area contributed by atoms with Crippen molar-refractivity contribution in [2.45, 2.75) is 29.8 Å². The van der Waals surface area contributed by atoms with E-state index in [9.17, 15) is 13.2 Å². The zero-order valence-electron chi connectivity index (χ0n) is 12.2. The Balaban J connectivity index is 1.63. The number of carbonyl (C=O) groups is 1. The predicted molar refractivity (Wildman–Crippen MR) is 89.4 cm³/mol. The van der Waals surface area contributed by atoms with Gasteiger partial charge in [-0.05, 0) is 19.4 Å². The Morgan fingerprint density at radius 2 is 2.35 bits per heavy atom. The van der Waals surface area contributed by atoms with E-state index in [0.29, 0.717) is 27.8 Å². The van der Waals surface area contributed by atoms with Crippen molar-refractivity contribution in [3.63, 3.8) is 0 Å². The molecule has 0 saturated carbocycles. The van der Waals surface area contributed by atoms with E-state index in [-0.39, 0.29) is 23.5 Å². The molecule has 1 amide bonds. The normalized spacial score (nSPS) is 21.4. The number of aromatic nitrogens is 3. The second-order valence-electron chi connectivity index (χ2n) is 5.44. The van der Waals surface area contributed by atoms with Crippen LogP contribution in [0.1, 0.15) is 13.3 Å². The maximum atomic E-state index is 12.2. The van der Waals surface area contributed by atoms with Gasteiger partial charge < -0.3 is 10.3 Å². The van der Waals surface area contributed by atoms with Crippen molar-refractivity contribution < 1.29 is 13.2 Å². The van der Waals surface area contributed by atoms with Crippen LogP contribution >= 0.6 is 23.4 Å². The summed E-state index contributed by atoms with van der Waals surface area (Å²) >= 11 is 7.13. The Morgan fingerprint density at radius 3 is 3.04 bits per heavy atom. The van der Waals surface area contributed by atoms with Gasteiger partial charge in [0.2, 0.25) is 5.91 Å². The molecule has 3 rings (SSSR count). The number of amides is 1. The minimum absolute atomic E-state index is 0.0170. The Morgan fingerprint density at radius 1 is 1.57 bits per heavy atom. The summed E-state index contributed by atoms with van der Waals surface area (Å²) in [6.45, 7) is 1.75. The molecule has 0 bridgehead atoms. The number of H-pyrrole nitrogens is 1. The van der Waals surface area contributed by atoms with Crippen molar-refractivity contribution in [3.05, 3.63) is 17.3 Å². The molecule has 2 aromatic rings. The van der Waals surface area contributed by atoms with Crippen LogP contribution in [-0.2, 0) is 14.6 Å². The van der Waals surface area contributed by atoms with E-state index in [1.54, 1.807) is 13.0 Å². The summed E-state index contributed by atoms with van der Waals surface area (Å²) in [6, 6.07) is 1.42. The van der Waals surface area contributed by atoms with Crippen LogP contribution in [0.2, 0.25) is 5.02 Å². The Labute approximate surface area is 142 Å². The van der Waals surface area contributed by atoms with Crippen LogP contribution in [0.15, 0.2) is 17.4 Å². The zero-order chi connectivity index (χ0) is 16.6. The van der Waals surface area contributed by atoms with Gasteiger partial charge in [-0.25, -0.2) is 18.4 Å². The summed E-state index contributed by atoms with van der Waals surface area (Å²) in [5.74, 6) is -0.0536. The molecule has 1 aliphatic rings. The number of fused-ring (bicyclic) bond motifs is 1. The zero-order valence-corrected chi connectivity index (χ0v) is 14.6. The van der Waals surface area contributed by atoms with E-state index >= 15 is 0 Å². The predicted octanol–water partition coefficient (Wildman–Crippen LogP) is 1.40. The van der Waals surface area contributed by atoms with E-state index in [1.165, 1.54) is 18.0 Å². The van der Waals surface area contributed by atoms with E-state index in [4.69, 9.17) is 11.6 Å². The van der Waals surface area contributed by atoms with E-state index < -0.39 is 15.1 Å². The van der Waals surface area contributed by atoms with Crippen LogP contribution in [0.4, 0.5) is 0 Å². The fourth-order valence-corrected chi connectivity index (χ4v) is 5.01. The molecule has 2 atom stereocenters. The highest BCUT2D eigenvalue weighted by atomic mass is 35.5. The van der Waals surface area contributed by atoms with Crippen molar-refractivity contribution in [2.24, 2.45) is 0 Å². The SMILES string of the molecule is C[C@@H](Sc1nc2ncc(Cl)cc2[nH]1)C(=O)N[C@@H]1CCS(=O)(=O)C1. The summed E-state index contributed by atoms with van der Waals surface area (Å²) in [7, 11) is -3.01. The molecule has 23 heavy (non-hydrogen) atoms. The molecule has 0 aliphatic carbocycles. The van der Waals surface area contributed by atoms with Crippen LogP contribution in [0.25, 0.3) is 11.2 Å². The lowest BCUT2D eigenvalue weighted by atomic mass is 10.2. The molecule has 0 unspecified atom stereocenters. The van der Waals surface area contributed by atoms with Crippen molar-refractivity contribution >= 4 is 50.3 Å². The fraction of sp³-hybridized carbons (Fsp3) is 0.462. The largest absolute Gasteiger partial charge is 0.351 e. The van der Waals surface area contributed by atoms with Gasteiger partial charge in [-0.15, -0.1) is 0 Å². The van der Waals surface area contributed by atoms with Crippen molar-refractivity contribution in [1.29, 1.82) is 0 Å². The highest BCUT2D eigenvalue weighted by Crippen LogP contribution is 2.24. The number of thioether (sulfide) groups is 1. The molecule has 124 valence electrons. The molecule has 1 aliphatic heterocycles. The number of nitrogens with zero attached hydrogens (tertiary/aromatic N) is 2. The maximum absolute atomic E-state index is 12.2. The summed E-state index contributed by atoms with van der Waals surface area (Å²) in [5.41, 5.74) is 1.24. The van der Waals surface area contributed by atoms with Gasteiger partial charge in [-0.3, -0.25) is 4.79 Å². The molecular formula is C13H15ClN4O3S2. The molecule has 0 radical (unpaired) electrons. The molecule has 10 heteroatoms. The third-order valence-corrected chi connectivity index (χ3v) is 6.48. The Kier molecular flexibility index (Phi) is 4.52. The topological polar surface area (TPSA) is 105 Å². The van der Waals surface area contributed by atoms with E-state index in [0.717, 1.165) is 0 Å². The van der Waals surface area contributed by atoms with E-state index in [1.807, 2.05) is 0 Å². The molecular weight excluding hydrogens is 360 g/mol. The summed E-state index contributed by atoms with van der Waals surface area (Å²) in [6.07, 6.45) is 1.98. The number of rotatable bonds is 4. The number of halogens is 1. The number of pyridine rings is 1. The van der Waals surface area contributed by atoms with Crippen LogP contribution < -0.4 is 5.32 Å². The van der Waals surface area contributed by atoms with Crippen molar-refractivity contribution in [1.82, 2.24) is 20.3 Å². The standard InChI is InChI=1S/C13H15ClN4O3S2/c1-7(12(19)16-9-2-3-23(20,21)6-9)22-13-17-10-4-8(14)5-15-11(10)18-13/h4-5,7,9H,2-3,6H2,1H3,(H,16,19)(H,15,17,18)/t7-,9-/m1/s1. The Bertz CT molecular complexity index is 852. The minimum Gasteiger partial charge on any atom is -0.351 e. The average molecular weight is 375 g/mol. The van der Waals surface area contributed by atoms with Gasteiger partial charge in [-0.2, -0.15) is 0 Å². The molecule has 0 spiro atoms. The number of sulfone groups is 1. The summed E-state index contributed by atoms with van der Waals surface area (Å²) in [4.78, 5) is 23.6. The molecule has 7 nitrogen and oxygen atoms in total. The first-order chi connectivity index (χ1) is 10.8. The molecule has 0 aromatic carbocycles. The smallest absolute Gasteiger partial charge is 0.233 e. The lowest BCUT2D eigenvalue weighted by Gasteiger charge is -2.14. The van der Waals surface area contributed by atoms with Gasteiger partial charge in [0.1, 0.15) is 0 Å². The number of carbonyl (C=O) groups excluding carboxylic acids is 1. The quantitative estimate of drug-likeness (QED) is 0.783. The third-order valence-electron chi connectivity index (χ3n) is 3.52.